The molecule has 3 aromatic rings. The first kappa shape index (κ1) is 23.3. The van der Waals surface area contributed by atoms with Crippen LogP contribution in [0, 0.1) is 11.2 Å². The largest absolute Gasteiger partial charge is 0.486 e. The number of aromatic nitrogens is 1. The third-order valence-electron chi connectivity index (χ3n) is 5.14. The highest BCUT2D eigenvalue weighted by Gasteiger charge is 2.20. The fourth-order valence-corrected chi connectivity index (χ4v) is 4.51. The fourth-order valence-electron chi connectivity index (χ4n) is 3.24. The number of nitrogens with zero attached hydrogens (tertiary/aromatic N) is 1. The van der Waals surface area contributed by atoms with Gasteiger partial charge in [0, 0.05) is 16.5 Å². The number of halogens is 2. The Bertz CT molecular complexity index is 1400. The second-order valence-electron chi connectivity index (χ2n) is 8.74. The van der Waals surface area contributed by atoms with Crippen LogP contribution >= 0.6 is 22.9 Å². The summed E-state index contributed by atoms with van der Waals surface area (Å²) in [7, 11) is 0. The molecule has 0 amide bonds. The molecule has 0 bridgehead atoms. The van der Waals surface area contributed by atoms with Gasteiger partial charge in [0.1, 0.15) is 23.7 Å². The number of benzene rings is 2. The maximum Gasteiger partial charge on any atom is 0.269 e. The van der Waals surface area contributed by atoms with Gasteiger partial charge in [0.25, 0.3) is 5.56 Å². The van der Waals surface area contributed by atoms with Gasteiger partial charge >= 0.3 is 0 Å². The van der Waals surface area contributed by atoms with Crippen LogP contribution in [0.25, 0.3) is 12.2 Å². The number of Topliss-reactive ketones (excluding diaryl/α,β-unsaturated/α-hetero) is 1. The van der Waals surface area contributed by atoms with Crippen LogP contribution in [0.2, 0.25) is 5.02 Å². The van der Waals surface area contributed by atoms with Crippen LogP contribution in [0.4, 0.5) is 4.39 Å². The quantitative estimate of drug-likeness (QED) is 0.562. The van der Waals surface area contributed by atoms with E-state index in [1.807, 2.05) is 32.9 Å². The molecule has 2 aromatic carbocycles. The molecule has 172 valence electrons. The minimum Gasteiger partial charge on any atom is -0.486 e. The van der Waals surface area contributed by atoms with Crippen molar-refractivity contribution in [3.63, 3.8) is 0 Å². The number of hydrogen-bond acceptors (Lipinski definition) is 5. The first-order valence-corrected chi connectivity index (χ1v) is 11.6. The van der Waals surface area contributed by atoms with E-state index in [2.05, 4.69) is 0 Å². The molecule has 0 fully saturated rings. The Hall–Kier alpha value is -2.90. The fraction of sp³-hybridized carbons (Fsp3) is 0.280. The number of carbonyl (C=O) groups is 1. The van der Waals surface area contributed by atoms with Gasteiger partial charge in [-0.25, -0.2) is 4.39 Å². The molecule has 0 aliphatic carbocycles. The van der Waals surface area contributed by atoms with E-state index < -0.39 is 11.2 Å². The second-order valence-corrected chi connectivity index (χ2v) is 10.2. The molecule has 0 radical (unpaired) electrons. The molecule has 0 saturated heterocycles. The highest BCUT2D eigenvalue weighted by molar-refractivity contribution is 7.07. The van der Waals surface area contributed by atoms with Gasteiger partial charge in [-0.3, -0.25) is 14.2 Å². The van der Waals surface area contributed by atoms with Gasteiger partial charge in [0.2, 0.25) is 0 Å². The van der Waals surface area contributed by atoms with Crippen LogP contribution in [0.3, 0.4) is 0 Å². The number of thiazole rings is 1. The van der Waals surface area contributed by atoms with E-state index in [0.717, 1.165) is 5.56 Å². The summed E-state index contributed by atoms with van der Waals surface area (Å²) in [6, 6.07) is 9.52. The molecule has 0 N–H and O–H groups in total. The molecule has 1 aliphatic heterocycles. The molecule has 1 aliphatic rings. The molecule has 0 unspecified atom stereocenters. The molecule has 2 heterocycles. The summed E-state index contributed by atoms with van der Waals surface area (Å²) in [5.74, 6) is 0.731. The zero-order valence-corrected chi connectivity index (χ0v) is 20.1. The van der Waals surface area contributed by atoms with Gasteiger partial charge in [-0.1, -0.05) is 44.5 Å². The molecule has 4 rings (SSSR count). The molecule has 5 nitrogen and oxygen atoms in total. The van der Waals surface area contributed by atoms with Gasteiger partial charge in [0.05, 0.1) is 11.1 Å². The molecular weight excluding hydrogens is 465 g/mol. The zero-order chi connectivity index (χ0) is 23.8. The Morgan fingerprint density at radius 1 is 1.15 bits per heavy atom. The Kier molecular flexibility index (Phi) is 6.45. The van der Waals surface area contributed by atoms with Crippen molar-refractivity contribution >= 4 is 40.9 Å². The predicted octanol–water partition coefficient (Wildman–Crippen LogP) is 3.75. The second kappa shape index (κ2) is 9.15. The van der Waals surface area contributed by atoms with Crippen LogP contribution in [-0.4, -0.2) is 23.6 Å². The Balaban J connectivity index is 1.85. The third kappa shape index (κ3) is 5.20. The molecule has 0 saturated carbocycles. The van der Waals surface area contributed by atoms with Gasteiger partial charge in [-0.15, -0.1) is 11.3 Å². The van der Waals surface area contributed by atoms with Gasteiger partial charge in [-0.05, 0) is 41.5 Å². The number of rotatable bonds is 4. The summed E-state index contributed by atoms with van der Waals surface area (Å²) in [5.41, 5.74) is 0.501. The topological polar surface area (TPSA) is 57.5 Å². The van der Waals surface area contributed by atoms with E-state index in [0.29, 0.717) is 39.5 Å². The number of fused-ring (bicyclic) bond motifs is 1. The van der Waals surface area contributed by atoms with E-state index in [-0.39, 0.29) is 22.9 Å². The van der Waals surface area contributed by atoms with Crippen LogP contribution in [0.1, 0.15) is 31.9 Å². The maximum absolute atomic E-state index is 13.5. The lowest BCUT2D eigenvalue weighted by molar-refractivity contribution is -0.120. The zero-order valence-electron chi connectivity index (χ0n) is 18.5. The van der Waals surface area contributed by atoms with Gasteiger partial charge in [-0.2, -0.15) is 0 Å². The first-order chi connectivity index (χ1) is 15.6. The van der Waals surface area contributed by atoms with Crippen molar-refractivity contribution in [1.82, 2.24) is 4.57 Å². The van der Waals surface area contributed by atoms with Crippen molar-refractivity contribution in [3.05, 3.63) is 77.9 Å². The summed E-state index contributed by atoms with van der Waals surface area (Å²) in [6.07, 6.45) is 3.25. The van der Waals surface area contributed by atoms with Crippen molar-refractivity contribution in [2.75, 3.05) is 13.2 Å². The summed E-state index contributed by atoms with van der Waals surface area (Å²) in [5, 5.41) is 0.221. The highest BCUT2D eigenvalue weighted by Crippen LogP contribution is 2.30. The van der Waals surface area contributed by atoms with Crippen molar-refractivity contribution in [1.29, 1.82) is 0 Å². The lowest BCUT2D eigenvalue weighted by Crippen LogP contribution is -2.33. The summed E-state index contributed by atoms with van der Waals surface area (Å²) >= 11 is 7.42. The number of carbonyl (C=O) groups excluding carboxylic acids is 1. The van der Waals surface area contributed by atoms with Crippen LogP contribution in [0.5, 0.6) is 11.5 Å². The normalized spacial score (nSPS) is 14.6. The van der Waals surface area contributed by atoms with Crippen molar-refractivity contribution < 1.29 is 18.7 Å². The Labute approximate surface area is 199 Å². The number of hydrogen-bond donors (Lipinski definition) is 0. The summed E-state index contributed by atoms with van der Waals surface area (Å²) in [6.45, 7) is 6.54. The van der Waals surface area contributed by atoms with Gasteiger partial charge < -0.3 is 9.47 Å². The van der Waals surface area contributed by atoms with Gasteiger partial charge in [0.15, 0.2) is 17.3 Å². The van der Waals surface area contributed by atoms with E-state index in [9.17, 15) is 14.0 Å². The minimum atomic E-state index is -0.599. The Morgan fingerprint density at radius 3 is 2.58 bits per heavy atom. The van der Waals surface area contributed by atoms with E-state index in [1.165, 1.54) is 34.1 Å². The van der Waals surface area contributed by atoms with Crippen molar-refractivity contribution in [2.45, 2.75) is 27.3 Å². The molecule has 0 atom stereocenters. The molecule has 33 heavy (non-hydrogen) atoms. The number of ketones is 1. The van der Waals surface area contributed by atoms with Crippen LogP contribution in [-0.2, 0) is 11.3 Å². The Morgan fingerprint density at radius 2 is 1.88 bits per heavy atom. The molecule has 1 aromatic heterocycles. The van der Waals surface area contributed by atoms with Crippen molar-refractivity contribution in [2.24, 2.45) is 5.41 Å². The predicted molar refractivity (Wildman–Crippen MR) is 128 cm³/mol. The molecule has 8 heteroatoms. The SMILES string of the molecule is CC(C)(C)C(=O)/C=c1\s/c(=C/c2ccc3c(c2)OCCO3)c(=O)n1Cc1ccc(F)cc1Cl. The monoisotopic (exact) mass is 487 g/mol. The van der Waals surface area contributed by atoms with Crippen LogP contribution < -0.4 is 24.2 Å². The smallest absolute Gasteiger partial charge is 0.269 e. The summed E-state index contributed by atoms with van der Waals surface area (Å²) < 4.78 is 27.1. The summed E-state index contributed by atoms with van der Waals surface area (Å²) in [4.78, 5) is 26.0. The minimum absolute atomic E-state index is 0.103. The van der Waals surface area contributed by atoms with E-state index in [1.54, 1.807) is 18.2 Å². The maximum atomic E-state index is 13.5. The standard InChI is InChI=1S/C25H23ClFNO4S/c1-25(2,3)22(29)13-23-28(14-16-5-6-17(27)12-18(16)26)24(30)21(33-23)11-15-4-7-19-20(10-15)32-9-8-31-19/h4-7,10-13H,8-9,14H2,1-3H3/b21-11+,23-13-. The lowest BCUT2D eigenvalue weighted by Gasteiger charge is -2.18. The average Bonchev–Trinajstić information content (AvgIpc) is 3.03. The number of ether oxygens (including phenoxy) is 2. The highest BCUT2D eigenvalue weighted by atomic mass is 35.5. The average molecular weight is 488 g/mol. The van der Waals surface area contributed by atoms with Crippen LogP contribution in [0.15, 0.2) is 41.2 Å². The van der Waals surface area contributed by atoms with Crippen molar-refractivity contribution in [3.8, 4) is 11.5 Å². The lowest BCUT2D eigenvalue weighted by atomic mass is 9.91. The molecule has 0 spiro atoms. The third-order valence-corrected chi connectivity index (χ3v) is 6.55. The van der Waals surface area contributed by atoms with E-state index >= 15 is 0 Å². The first-order valence-electron chi connectivity index (χ1n) is 10.4. The van der Waals surface area contributed by atoms with E-state index in [4.69, 9.17) is 21.1 Å². The molecular formula is C25H23ClFNO4S.